The summed E-state index contributed by atoms with van der Waals surface area (Å²) in [6.45, 7) is 0. The number of rotatable bonds is 2. The van der Waals surface area contributed by atoms with Crippen molar-refractivity contribution in [2.75, 3.05) is 0 Å². The SMILES string of the molecule is NOC(=O)c1ccc(C(=O)[O-])cc1.[K+]. The fraction of sp³-hybridized carbons (Fsp3) is 0. The van der Waals surface area contributed by atoms with E-state index in [1.165, 1.54) is 24.3 Å². The minimum atomic E-state index is -1.30. The summed E-state index contributed by atoms with van der Waals surface area (Å²) in [5.74, 6) is 2.61. The molecule has 0 aliphatic rings. The van der Waals surface area contributed by atoms with Gasteiger partial charge in [0, 0.05) is 0 Å². The summed E-state index contributed by atoms with van der Waals surface area (Å²) in [7, 11) is 0. The van der Waals surface area contributed by atoms with Crippen molar-refractivity contribution >= 4 is 11.9 Å². The van der Waals surface area contributed by atoms with E-state index in [-0.39, 0.29) is 62.5 Å². The van der Waals surface area contributed by atoms with Gasteiger partial charge in [-0.25, -0.2) is 4.79 Å². The van der Waals surface area contributed by atoms with Gasteiger partial charge in [0.25, 0.3) is 0 Å². The number of hydrogen-bond donors (Lipinski definition) is 1. The third-order valence-electron chi connectivity index (χ3n) is 1.46. The van der Waals surface area contributed by atoms with Crippen LogP contribution in [0.25, 0.3) is 0 Å². The molecule has 1 aromatic carbocycles. The maximum absolute atomic E-state index is 10.8. The van der Waals surface area contributed by atoms with Crippen LogP contribution in [0.2, 0.25) is 0 Å². The molecule has 0 saturated heterocycles. The van der Waals surface area contributed by atoms with Gasteiger partial charge in [-0.3, -0.25) is 0 Å². The number of carboxylic acid groups (broad SMARTS) is 1. The van der Waals surface area contributed by atoms with Crippen LogP contribution in [0.15, 0.2) is 24.3 Å². The first kappa shape index (κ1) is 13.8. The van der Waals surface area contributed by atoms with Crippen LogP contribution >= 0.6 is 0 Å². The normalized spacial score (nSPS) is 8.64. The molecule has 0 bridgehead atoms. The van der Waals surface area contributed by atoms with Gasteiger partial charge in [-0.05, 0) is 17.7 Å². The summed E-state index contributed by atoms with van der Waals surface area (Å²) in [6.07, 6.45) is 0. The minimum Gasteiger partial charge on any atom is -0.545 e. The van der Waals surface area contributed by atoms with Gasteiger partial charge in [0.2, 0.25) is 0 Å². The fourth-order valence-corrected chi connectivity index (χ4v) is 0.810. The molecule has 0 spiro atoms. The number of carboxylic acids is 1. The quantitative estimate of drug-likeness (QED) is 0.405. The molecule has 1 aromatic rings. The van der Waals surface area contributed by atoms with Crippen molar-refractivity contribution < 1.29 is 70.9 Å². The van der Waals surface area contributed by atoms with Gasteiger partial charge in [0.15, 0.2) is 0 Å². The number of aromatic carboxylic acids is 1. The Morgan fingerprint density at radius 1 is 1.14 bits per heavy atom. The Bertz CT molecular complexity index is 336. The van der Waals surface area contributed by atoms with Crippen LogP contribution in [0.3, 0.4) is 0 Å². The molecule has 5 nitrogen and oxygen atoms in total. The van der Waals surface area contributed by atoms with E-state index in [1.807, 2.05) is 0 Å². The average molecular weight is 219 g/mol. The van der Waals surface area contributed by atoms with Crippen molar-refractivity contribution in [1.29, 1.82) is 0 Å². The number of benzene rings is 1. The van der Waals surface area contributed by atoms with E-state index in [0.29, 0.717) is 0 Å². The molecule has 2 N–H and O–H groups in total. The molecule has 0 unspecified atom stereocenters. The fourth-order valence-electron chi connectivity index (χ4n) is 0.810. The summed E-state index contributed by atoms with van der Waals surface area (Å²) in [5, 5.41) is 10.3. The van der Waals surface area contributed by atoms with Crippen LogP contribution in [0.5, 0.6) is 0 Å². The first-order chi connectivity index (χ1) is 6.15. The summed E-state index contributed by atoms with van der Waals surface area (Å²) >= 11 is 0. The average Bonchev–Trinajstić information content (AvgIpc) is 2.17. The molecule has 14 heavy (non-hydrogen) atoms. The number of hydrogen-bond acceptors (Lipinski definition) is 5. The van der Waals surface area contributed by atoms with Gasteiger partial charge >= 0.3 is 57.4 Å². The Morgan fingerprint density at radius 2 is 1.57 bits per heavy atom. The van der Waals surface area contributed by atoms with Crippen LogP contribution in [0.4, 0.5) is 0 Å². The zero-order valence-electron chi connectivity index (χ0n) is 7.52. The molecule has 0 aliphatic heterocycles. The molecule has 0 amide bonds. The Hall–Kier alpha value is -0.244. The Labute approximate surface area is 123 Å². The topological polar surface area (TPSA) is 92.5 Å². The molecule has 0 heterocycles. The molecule has 0 aromatic heterocycles. The second kappa shape index (κ2) is 6.28. The molecule has 0 atom stereocenters. The minimum absolute atomic E-state index is 0. The van der Waals surface area contributed by atoms with Crippen molar-refractivity contribution in [2.24, 2.45) is 5.90 Å². The molecule has 0 fully saturated rings. The van der Waals surface area contributed by atoms with Gasteiger partial charge in [-0.15, -0.1) is 0 Å². The monoisotopic (exact) mass is 219 g/mol. The molecule has 6 heteroatoms. The number of carbonyl (C=O) groups excluding carboxylic acids is 2. The zero-order valence-corrected chi connectivity index (χ0v) is 10.6. The van der Waals surface area contributed by atoms with E-state index in [9.17, 15) is 14.7 Å². The van der Waals surface area contributed by atoms with Gasteiger partial charge in [0.05, 0.1) is 11.5 Å². The van der Waals surface area contributed by atoms with Gasteiger partial charge in [0.1, 0.15) is 0 Å². The Kier molecular flexibility index (Phi) is 6.17. The molecule has 0 saturated carbocycles. The van der Waals surface area contributed by atoms with E-state index in [1.54, 1.807) is 0 Å². The first-order valence-electron chi connectivity index (χ1n) is 3.37. The van der Waals surface area contributed by atoms with Crippen LogP contribution in [0, 0.1) is 0 Å². The van der Waals surface area contributed by atoms with E-state index in [4.69, 9.17) is 0 Å². The Balaban J connectivity index is 0.00000169. The van der Waals surface area contributed by atoms with Gasteiger partial charge < -0.3 is 14.7 Å². The number of nitrogens with two attached hydrogens (primary N) is 1. The van der Waals surface area contributed by atoms with Crippen molar-refractivity contribution in [3.8, 4) is 0 Å². The molecular formula is C8H6KNO4. The maximum atomic E-state index is 10.8. The van der Waals surface area contributed by atoms with Crippen LogP contribution in [-0.2, 0) is 4.84 Å². The summed E-state index contributed by atoms with van der Waals surface area (Å²) in [5.41, 5.74) is 0.182. The second-order valence-electron chi connectivity index (χ2n) is 2.27. The smallest absolute Gasteiger partial charge is 0.545 e. The largest absolute Gasteiger partial charge is 1.00 e. The second-order valence-corrected chi connectivity index (χ2v) is 2.27. The number of carbonyl (C=O) groups is 2. The third-order valence-corrected chi connectivity index (χ3v) is 1.46. The summed E-state index contributed by atoms with van der Waals surface area (Å²) in [4.78, 5) is 25.0. The predicted molar refractivity (Wildman–Crippen MR) is 40.4 cm³/mol. The van der Waals surface area contributed by atoms with Crippen molar-refractivity contribution in [3.63, 3.8) is 0 Å². The van der Waals surface area contributed by atoms with E-state index >= 15 is 0 Å². The van der Waals surface area contributed by atoms with Gasteiger partial charge in [-0.2, -0.15) is 5.90 Å². The van der Waals surface area contributed by atoms with Crippen molar-refractivity contribution in [2.45, 2.75) is 0 Å². The van der Waals surface area contributed by atoms with Crippen LogP contribution < -0.4 is 62.4 Å². The van der Waals surface area contributed by atoms with Crippen molar-refractivity contribution in [1.82, 2.24) is 0 Å². The summed E-state index contributed by atoms with van der Waals surface area (Å²) < 4.78 is 0. The zero-order chi connectivity index (χ0) is 9.84. The molecule has 0 radical (unpaired) electrons. The molecular weight excluding hydrogens is 213 g/mol. The van der Waals surface area contributed by atoms with Gasteiger partial charge in [-0.1, -0.05) is 12.1 Å². The molecule has 0 aliphatic carbocycles. The van der Waals surface area contributed by atoms with E-state index in [2.05, 4.69) is 10.7 Å². The standard InChI is InChI=1S/C8H7NO4.K/c9-13-8(12)6-3-1-5(2-4-6)7(10)11;/h1-4H,9H2,(H,10,11);/q;+1/p-1. The maximum Gasteiger partial charge on any atom is 1.00 e. The Morgan fingerprint density at radius 3 is 1.93 bits per heavy atom. The summed E-state index contributed by atoms with van der Waals surface area (Å²) in [6, 6.07) is 5.06. The third kappa shape index (κ3) is 3.48. The van der Waals surface area contributed by atoms with E-state index in [0.717, 1.165) is 0 Å². The van der Waals surface area contributed by atoms with Crippen molar-refractivity contribution in [3.05, 3.63) is 35.4 Å². The predicted octanol–water partition coefficient (Wildman–Crippen LogP) is -3.92. The molecule has 1 rings (SSSR count). The van der Waals surface area contributed by atoms with Crippen LogP contribution in [-0.4, -0.2) is 11.9 Å². The first-order valence-corrected chi connectivity index (χ1v) is 3.37. The van der Waals surface area contributed by atoms with E-state index < -0.39 is 11.9 Å². The molecule has 68 valence electrons. The van der Waals surface area contributed by atoms with Crippen LogP contribution in [0.1, 0.15) is 20.7 Å².